The van der Waals surface area contributed by atoms with Crippen LogP contribution in [0.2, 0.25) is 0 Å². The molecule has 0 fully saturated rings. The molecule has 0 spiro atoms. The Kier molecular flexibility index (Phi) is 6.11. The molecule has 25 heavy (non-hydrogen) atoms. The molecule has 1 aliphatic rings. The van der Waals surface area contributed by atoms with Crippen LogP contribution in [0.3, 0.4) is 0 Å². The predicted molar refractivity (Wildman–Crippen MR) is 101 cm³/mol. The fraction of sp³-hybridized carbons (Fsp3) is 0.364. The second-order valence-corrected chi connectivity index (χ2v) is 6.40. The summed E-state index contributed by atoms with van der Waals surface area (Å²) in [6.45, 7) is 2.61. The lowest BCUT2D eigenvalue weighted by atomic mass is 10.0. The zero-order chi connectivity index (χ0) is 17.5. The van der Waals surface area contributed by atoms with Crippen LogP contribution in [0.1, 0.15) is 35.6 Å². The Morgan fingerprint density at radius 3 is 2.84 bits per heavy atom. The minimum absolute atomic E-state index is 0.432. The Bertz CT molecular complexity index is 746. The zero-order valence-electron chi connectivity index (χ0n) is 14.7. The molecule has 0 saturated heterocycles. The van der Waals surface area contributed by atoms with E-state index in [1.165, 1.54) is 5.56 Å². The Morgan fingerprint density at radius 2 is 2.04 bits per heavy atom. The summed E-state index contributed by atoms with van der Waals surface area (Å²) < 4.78 is 5.30. The van der Waals surface area contributed by atoms with Crippen molar-refractivity contribution in [2.24, 2.45) is 0 Å². The lowest BCUT2D eigenvalue weighted by Crippen LogP contribution is -2.29. The van der Waals surface area contributed by atoms with Crippen LogP contribution < -0.4 is 4.74 Å². The fourth-order valence-electron chi connectivity index (χ4n) is 3.24. The molecule has 0 saturated carbocycles. The van der Waals surface area contributed by atoms with Crippen molar-refractivity contribution in [2.75, 3.05) is 26.7 Å². The first kappa shape index (κ1) is 17.5. The van der Waals surface area contributed by atoms with Gasteiger partial charge in [-0.2, -0.15) is 0 Å². The highest BCUT2D eigenvalue weighted by Gasteiger charge is 2.21. The number of ether oxygens (including phenoxy) is 1. The molecule has 1 aliphatic heterocycles. The van der Waals surface area contributed by atoms with Crippen molar-refractivity contribution in [3.8, 4) is 17.6 Å². The molecular formula is C22H25NO2. The molecule has 2 aromatic rings. The van der Waals surface area contributed by atoms with Crippen LogP contribution >= 0.6 is 0 Å². The SMILES string of the molecule is COc1ccc2c(c1)CCN(CCCC#Cc1ccccc1)CC2O. The Morgan fingerprint density at radius 1 is 1.20 bits per heavy atom. The van der Waals surface area contributed by atoms with Crippen LogP contribution in [-0.4, -0.2) is 36.8 Å². The van der Waals surface area contributed by atoms with E-state index in [-0.39, 0.29) is 0 Å². The molecule has 3 rings (SSSR count). The molecule has 3 nitrogen and oxygen atoms in total. The zero-order valence-corrected chi connectivity index (χ0v) is 14.7. The Hall–Kier alpha value is -2.28. The number of aliphatic hydroxyl groups excluding tert-OH is 1. The summed E-state index contributed by atoms with van der Waals surface area (Å²) in [4.78, 5) is 2.33. The molecule has 3 heteroatoms. The van der Waals surface area contributed by atoms with Gasteiger partial charge in [0.05, 0.1) is 13.2 Å². The summed E-state index contributed by atoms with van der Waals surface area (Å²) in [6, 6.07) is 16.1. The van der Waals surface area contributed by atoms with Gasteiger partial charge in [0.25, 0.3) is 0 Å². The lowest BCUT2D eigenvalue weighted by Gasteiger charge is -2.21. The van der Waals surface area contributed by atoms with Gasteiger partial charge in [0, 0.05) is 25.1 Å². The average molecular weight is 335 g/mol. The van der Waals surface area contributed by atoms with Crippen LogP contribution in [0.25, 0.3) is 0 Å². The van der Waals surface area contributed by atoms with E-state index in [0.717, 1.165) is 49.2 Å². The number of aliphatic hydroxyl groups is 1. The van der Waals surface area contributed by atoms with E-state index < -0.39 is 6.10 Å². The Balaban J connectivity index is 1.51. The third-order valence-electron chi connectivity index (χ3n) is 4.62. The smallest absolute Gasteiger partial charge is 0.119 e. The molecule has 0 radical (unpaired) electrons. The monoisotopic (exact) mass is 335 g/mol. The van der Waals surface area contributed by atoms with Gasteiger partial charge in [-0.3, -0.25) is 0 Å². The van der Waals surface area contributed by atoms with Gasteiger partial charge in [-0.15, -0.1) is 0 Å². The first-order chi connectivity index (χ1) is 12.3. The van der Waals surface area contributed by atoms with Crippen molar-refractivity contribution < 1.29 is 9.84 Å². The molecule has 0 amide bonds. The van der Waals surface area contributed by atoms with Gasteiger partial charge in [0.1, 0.15) is 5.75 Å². The van der Waals surface area contributed by atoms with Crippen LogP contribution in [0.4, 0.5) is 0 Å². The van der Waals surface area contributed by atoms with Crippen LogP contribution in [0.5, 0.6) is 5.75 Å². The molecule has 1 N–H and O–H groups in total. The van der Waals surface area contributed by atoms with Gasteiger partial charge >= 0.3 is 0 Å². The second kappa shape index (κ2) is 8.71. The molecule has 0 bridgehead atoms. The quantitative estimate of drug-likeness (QED) is 0.686. The summed E-state index contributed by atoms with van der Waals surface area (Å²) in [5, 5.41) is 10.5. The largest absolute Gasteiger partial charge is 0.497 e. The molecule has 1 heterocycles. The maximum absolute atomic E-state index is 10.5. The molecule has 1 unspecified atom stereocenters. The third kappa shape index (κ3) is 4.85. The minimum Gasteiger partial charge on any atom is -0.497 e. The number of methoxy groups -OCH3 is 1. The first-order valence-corrected chi connectivity index (χ1v) is 8.87. The van der Waals surface area contributed by atoms with Crippen LogP contribution in [0.15, 0.2) is 48.5 Å². The van der Waals surface area contributed by atoms with Crippen LogP contribution in [-0.2, 0) is 6.42 Å². The average Bonchev–Trinajstić information content (AvgIpc) is 2.81. The maximum Gasteiger partial charge on any atom is 0.119 e. The standard InChI is InChI=1S/C22H25NO2/c1-25-20-11-12-21-19(16-20)13-15-23(17-22(21)24)14-7-3-6-10-18-8-4-2-5-9-18/h2,4-5,8-9,11-12,16,22,24H,3,7,13-15,17H2,1H3. The molecule has 130 valence electrons. The van der Waals surface area contributed by atoms with Crippen molar-refractivity contribution in [2.45, 2.75) is 25.4 Å². The maximum atomic E-state index is 10.5. The predicted octanol–water partition coefficient (Wildman–Crippen LogP) is 3.42. The number of β-amino-alcohol motifs (C(OH)–C–C–N with tert-alkyl or cyclic N) is 1. The van der Waals surface area contributed by atoms with Crippen molar-refractivity contribution in [3.05, 3.63) is 65.2 Å². The van der Waals surface area contributed by atoms with E-state index >= 15 is 0 Å². The van der Waals surface area contributed by atoms with Gasteiger partial charge in [-0.05, 0) is 54.8 Å². The third-order valence-corrected chi connectivity index (χ3v) is 4.62. The van der Waals surface area contributed by atoms with Gasteiger partial charge in [-0.1, -0.05) is 36.1 Å². The number of hydrogen-bond acceptors (Lipinski definition) is 3. The summed E-state index contributed by atoms with van der Waals surface area (Å²) >= 11 is 0. The molecule has 2 aromatic carbocycles. The van der Waals surface area contributed by atoms with E-state index in [1.807, 2.05) is 48.5 Å². The number of hydrogen-bond donors (Lipinski definition) is 1. The van der Waals surface area contributed by atoms with E-state index in [4.69, 9.17) is 4.74 Å². The normalized spacial score (nSPS) is 17.1. The number of nitrogens with zero attached hydrogens (tertiary/aromatic N) is 1. The van der Waals surface area contributed by atoms with E-state index in [0.29, 0.717) is 6.54 Å². The van der Waals surface area contributed by atoms with Gasteiger partial charge < -0.3 is 14.7 Å². The number of fused-ring (bicyclic) bond motifs is 1. The molecule has 0 aliphatic carbocycles. The van der Waals surface area contributed by atoms with Gasteiger partial charge in [-0.25, -0.2) is 0 Å². The lowest BCUT2D eigenvalue weighted by molar-refractivity contribution is 0.119. The van der Waals surface area contributed by atoms with Crippen LogP contribution in [0, 0.1) is 11.8 Å². The fourth-order valence-corrected chi connectivity index (χ4v) is 3.24. The van der Waals surface area contributed by atoms with E-state index in [9.17, 15) is 5.11 Å². The van der Waals surface area contributed by atoms with Crippen molar-refractivity contribution in [3.63, 3.8) is 0 Å². The van der Waals surface area contributed by atoms with Crippen molar-refractivity contribution in [1.82, 2.24) is 4.90 Å². The number of benzene rings is 2. The molecular weight excluding hydrogens is 310 g/mol. The second-order valence-electron chi connectivity index (χ2n) is 6.40. The Labute approximate surface area is 150 Å². The summed E-state index contributed by atoms with van der Waals surface area (Å²) in [5.41, 5.74) is 3.29. The van der Waals surface area contributed by atoms with Gasteiger partial charge in [0.2, 0.25) is 0 Å². The number of rotatable bonds is 4. The highest BCUT2D eigenvalue weighted by molar-refractivity contribution is 5.38. The first-order valence-electron chi connectivity index (χ1n) is 8.87. The minimum atomic E-state index is -0.432. The summed E-state index contributed by atoms with van der Waals surface area (Å²) in [7, 11) is 1.68. The molecule has 0 aromatic heterocycles. The van der Waals surface area contributed by atoms with E-state index in [2.05, 4.69) is 16.7 Å². The van der Waals surface area contributed by atoms with Crippen molar-refractivity contribution >= 4 is 0 Å². The molecule has 1 atom stereocenters. The summed E-state index contributed by atoms with van der Waals surface area (Å²) in [6.07, 6.45) is 2.41. The number of unbranched alkanes of at least 4 members (excludes halogenated alkanes) is 1. The van der Waals surface area contributed by atoms with E-state index in [1.54, 1.807) is 7.11 Å². The van der Waals surface area contributed by atoms with Crippen molar-refractivity contribution in [1.29, 1.82) is 0 Å². The summed E-state index contributed by atoms with van der Waals surface area (Å²) in [5.74, 6) is 7.30. The van der Waals surface area contributed by atoms with Gasteiger partial charge in [0.15, 0.2) is 0 Å². The highest BCUT2D eigenvalue weighted by Crippen LogP contribution is 2.27. The highest BCUT2D eigenvalue weighted by atomic mass is 16.5. The topological polar surface area (TPSA) is 32.7 Å².